The molecule has 1 aromatic carbocycles. The van der Waals surface area contributed by atoms with Gasteiger partial charge in [-0.2, -0.15) is 0 Å². The number of benzene rings is 1. The standard InChI is InChI=1S/C14H15NO3/c1-9(14(17)18)7-10-3-5-12-11(8-10)4-6-13(16)15(12)2/h3,5,7-8H,4,6H2,1-2H3,(H,17,18)/b9-7+. The van der Waals surface area contributed by atoms with E-state index in [9.17, 15) is 9.59 Å². The molecular formula is C14H15NO3. The summed E-state index contributed by atoms with van der Waals surface area (Å²) >= 11 is 0. The summed E-state index contributed by atoms with van der Waals surface area (Å²) in [7, 11) is 1.76. The van der Waals surface area contributed by atoms with Gasteiger partial charge in [0, 0.05) is 24.7 Å². The van der Waals surface area contributed by atoms with E-state index in [0.29, 0.717) is 18.4 Å². The highest BCUT2D eigenvalue weighted by Gasteiger charge is 2.20. The number of carboxylic acid groups (broad SMARTS) is 1. The first-order chi connectivity index (χ1) is 8.49. The van der Waals surface area contributed by atoms with Gasteiger partial charge in [0.15, 0.2) is 0 Å². The lowest BCUT2D eigenvalue weighted by Crippen LogP contribution is -2.31. The van der Waals surface area contributed by atoms with Crippen LogP contribution in [0.4, 0.5) is 5.69 Å². The third kappa shape index (κ3) is 2.27. The second kappa shape index (κ2) is 4.64. The minimum absolute atomic E-state index is 0.118. The molecule has 18 heavy (non-hydrogen) atoms. The van der Waals surface area contributed by atoms with Gasteiger partial charge in [0.05, 0.1) is 0 Å². The van der Waals surface area contributed by atoms with Gasteiger partial charge in [-0.05, 0) is 42.7 Å². The monoisotopic (exact) mass is 245 g/mol. The number of hydrogen-bond acceptors (Lipinski definition) is 2. The molecule has 1 aliphatic rings. The molecule has 1 heterocycles. The smallest absolute Gasteiger partial charge is 0.331 e. The maximum Gasteiger partial charge on any atom is 0.331 e. The first-order valence-electron chi connectivity index (χ1n) is 5.80. The fourth-order valence-corrected chi connectivity index (χ4v) is 2.08. The molecule has 4 nitrogen and oxygen atoms in total. The van der Waals surface area contributed by atoms with Crippen LogP contribution in [0.15, 0.2) is 23.8 Å². The second-order valence-electron chi connectivity index (χ2n) is 4.47. The molecule has 2 rings (SSSR count). The van der Waals surface area contributed by atoms with Crippen LogP contribution in [-0.2, 0) is 16.0 Å². The van der Waals surface area contributed by atoms with Crippen molar-refractivity contribution < 1.29 is 14.7 Å². The van der Waals surface area contributed by atoms with Crippen LogP contribution in [0, 0.1) is 0 Å². The fourth-order valence-electron chi connectivity index (χ4n) is 2.08. The van der Waals surface area contributed by atoms with Crippen molar-refractivity contribution in [2.45, 2.75) is 19.8 Å². The summed E-state index contributed by atoms with van der Waals surface area (Å²) in [6, 6.07) is 5.65. The highest BCUT2D eigenvalue weighted by Crippen LogP contribution is 2.28. The third-order valence-corrected chi connectivity index (χ3v) is 3.17. The Hall–Kier alpha value is -2.10. The van der Waals surface area contributed by atoms with Gasteiger partial charge in [-0.1, -0.05) is 6.07 Å². The Morgan fingerprint density at radius 2 is 2.11 bits per heavy atom. The Morgan fingerprint density at radius 3 is 2.78 bits per heavy atom. The summed E-state index contributed by atoms with van der Waals surface area (Å²) in [6.45, 7) is 1.57. The molecule has 4 heteroatoms. The average Bonchev–Trinajstić information content (AvgIpc) is 2.34. The quantitative estimate of drug-likeness (QED) is 0.811. The molecule has 0 spiro atoms. The number of rotatable bonds is 2. The van der Waals surface area contributed by atoms with Gasteiger partial charge in [-0.25, -0.2) is 4.79 Å². The zero-order valence-corrected chi connectivity index (χ0v) is 10.4. The molecule has 0 aromatic heterocycles. The lowest BCUT2D eigenvalue weighted by molar-refractivity contribution is -0.132. The molecular weight excluding hydrogens is 230 g/mol. The highest BCUT2D eigenvalue weighted by molar-refractivity contribution is 5.96. The van der Waals surface area contributed by atoms with Gasteiger partial charge in [0.2, 0.25) is 5.91 Å². The Morgan fingerprint density at radius 1 is 1.39 bits per heavy atom. The third-order valence-electron chi connectivity index (χ3n) is 3.17. The zero-order chi connectivity index (χ0) is 13.3. The second-order valence-corrected chi connectivity index (χ2v) is 4.47. The fraction of sp³-hybridized carbons (Fsp3) is 0.286. The van der Waals surface area contributed by atoms with Crippen molar-refractivity contribution in [3.63, 3.8) is 0 Å². The van der Waals surface area contributed by atoms with Crippen LogP contribution >= 0.6 is 0 Å². The molecule has 1 N–H and O–H groups in total. The van der Waals surface area contributed by atoms with Crippen molar-refractivity contribution in [1.82, 2.24) is 0 Å². The lowest BCUT2D eigenvalue weighted by atomic mass is 9.98. The van der Waals surface area contributed by atoms with Gasteiger partial charge in [-0.3, -0.25) is 4.79 Å². The van der Waals surface area contributed by atoms with Crippen molar-refractivity contribution in [3.05, 3.63) is 34.9 Å². The molecule has 1 aromatic rings. The van der Waals surface area contributed by atoms with Crippen LogP contribution in [0.1, 0.15) is 24.5 Å². The van der Waals surface area contributed by atoms with Crippen molar-refractivity contribution >= 4 is 23.6 Å². The summed E-state index contributed by atoms with van der Waals surface area (Å²) < 4.78 is 0. The Labute approximate surface area is 106 Å². The molecule has 0 fully saturated rings. The Balaban J connectivity index is 2.37. The first kappa shape index (κ1) is 12.4. The van der Waals surface area contributed by atoms with Gasteiger partial charge >= 0.3 is 5.97 Å². The number of fused-ring (bicyclic) bond motifs is 1. The van der Waals surface area contributed by atoms with Gasteiger partial charge < -0.3 is 10.0 Å². The molecule has 94 valence electrons. The molecule has 0 aliphatic carbocycles. The van der Waals surface area contributed by atoms with E-state index >= 15 is 0 Å². The van der Waals surface area contributed by atoms with E-state index in [0.717, 1.165) is 16.8 Å². The van der Waals surface area contributed by atoms with Crippen molar-refractivity contribution in [2.24, 2.45) is 0 Å². The zero-order valence-electron chi connectivity index (χ0n) is 10.4. The van der Waals surface area contributed by atoms with E-state index in [1.165, 1.54) is 0 Å². The van der Waals surface area contributed by atoms with Crippen LogP contribution in [0.5, 0.6) is 0 Å². The summed E-state index contributed by atoms with van der Waals surface area (Å²) in [5.74, 6) is -0.799. The number of anilines is 1. The van der Waals surface area contributed by atoms with Gasteiger partial charge in [-0.15, -0.1) is 0 Å². The summed E-state index contributed by atoms with van der Waals surface area (Å²) in [5, 5.41) is 8.84. The highest BCUT2D eigenvalue weighted by atomic mass is 16.4. The van der Waals surface area contributed by atoms with E-state index in [1.54, 1.807) is 24.9 Å². The summed E-state index contributed by atoms with van der Waals surface area (Å²) in [6.07, 6.45) is 2.86. The predicted octanol–water partition coefficient (Wildman–Crippen LogP) is 2.08. The topological polar surface area (TPSA) is 57.6 Å². The van der Waals surface area contributed by atoms with Crippen LogP contribution in [0.25, 0.3) is 6.08 Å². The van der Waals surface area contributed by atoms with Crippen LogP contribution < -0.4 is 4.90 Å². The van der Waals surface area contributed by atoms with E-state index < -0.39 is 5.97 Å². The number of carbonyl (C=O) groups is 2. The summed E-state index contributed by atoms with van der Waals surface area (Å²) in [5.41, 5.74) is 3.16. The Kier molecular flexibility index (Phi) is 3.19. The lowest BCUT2D eigenvalue weighted by Gasteiger charge is -2.25. The average molecular weight is 245 g/mol. The molecule has 0 atom stereocenters. The maximum atomic E-state index is 11.5. The van der Waals surface area contributed by atoms with Crippen LogP contribution in [0.3, 0.4) is 0 Å². The minimum Gasteiger partial charge on any atom is -0.478 e. The number of carboxylic acids is 1. The number of aryl methyl sites for hydroxylation is 1. The number of carbonyl (C=O) groups excluding carboxylic acids is 1. The SMILES string of the molecule is C/C(=C\c1ccc2c(c1)CCC(=O)N2C)C(=O)O. The van der Waals surface area contributed by atoms with E-state index in [2.05, 4.69) is 0 Å². The molecule has 1 aliphatic heterocycles. The molecule has 0 unspecified atom stereocenters. The normalized spacial score (nSPS) is 15.6. The predicted molar refractivity (Wildman–Crippen MR) is 69.5 cm³/mol. The maximum absolute atomic E-state index is 11.5. The number of hydrogen-bond donors (Lipinski definition) is 1. The van der Waals surface area contributed by atoms with E-state index in [4.69, 9.17) is 5.11 Å². The molecule has 0 saturated heterocycles. The van der Waals surface area contributed by atoms with Crippen molar-refractivity contribution in [1.29, 1.82) is 0 Å². The molecule has 0 bridgehead atoms. The number of aliphatic carboxylic acids is 1. The number of nitrogens with zero attached hydrogens (tertiary/aromatic N) is 1. The van der Waals surface area contributed by atoms with Crippen LogP contribution in [-0.4, -0.2) is 24.0 Å². The molecule has 0 radical (unpaired) electrons. The van der Waals surface area contributed by atoms with Crippen LogP contribution in [0.2, 0.25) is 0 Å². The molecule has 0 saturated carbocycles. The minimum atomic E-state index is -0.917. The van der Waals surface area contributed by atoms with Gasteiger partial charge in [0.1, 0.15) is 0 Å². The van der Waals surface area contributed by atoms with Crippen molar-refractivity contribution in [3.8, 4) is 0 Å². The van der Waals surface area contributed by atoms with Gasteiger partial charge in [0.25, 0.3) is 0 Å². The molecule has 1 amide bonds. The Bertz CT molecular complexity index is 546. The summed E-state index contributed by atoms with van der Waals surface area (Å²) in [4.78, 5) is 24.0. The first-order valence-corrected chi connectivity index (χ1v) is 5.80. The van der Waals surface area contributed by atoms with Crippen molar-refractivity contribution in [2.75, 3.05) is 11.9 Å². The number of amides is 1. The largest absolute Gasteiger partial charge is 0.478 e. The van der Waals surface area contributed by atoms with E-state index in [-0.39, 0.29) is 5.91 Å². The van der Waals surface area contributed by atoms with E-state index in [1.807, 2.05) is 18.2 Å².